The average molecular weight is 287 g/mol. The smallest absolute Gasteiger partial charge is 0.335 e. The Kier molecular flexibility index (Phi) is 4.37. The van der Waals surface area contributed by atoms with Crippen LogP contribution in [0.1, 0.15) is 37.7 Å². The van der Waals surface area contributed by atoms with Gasteiger partial charge in [0.2, 0.25) is 0 Å². The Hall–Kier alpha value is -2.63. The van der Waals surface area contributed by atoms with E-state index in [4.69, 9.17) is 5.11 Å². The second-order valence-corrected chi connectivity index (χ2v) is 4.78. The lowest BCUT2D eigenvalue weighted by molar-refractivity contribution is 0.0695. The van der Waals surface area contributed by atoms with Gasteiger partial charge in [-0.15, -0.1) is 0 Å². The van der Waals surface area contributed by atoms with Crippen molar-refractivity contribution in [1.29, 1.82) is 0 Å². The van der Waals surface area contributed by atoms with Crippen LogP contribution in [0.3, 0.4) is 0 Å². The Morgan fingerprint density at radius 1 is 1.29 bits per heavy atom. The molecule has 1 heterocycles. The van der Waals surface area contributed by atoms with E-state index < -0.39 is 5.97 Å². The van der Waals surface area contributed by atoms with Gasteiger partial charge in [-0.2, -0.15) is 5.10 Å². The summed E-state index contributed by atoms with van der Waals surface area (Å²) in [5.74, 6) is -1.16. The molecule has 0 unspecified atom stereocenters. The van der Waals surface area contributed by atoms with Gasteiger partial charge in [0.1, 0.15) is 0 Å². The Bertz CT molecular complexity index is 657. The van der Waals surface area contributed by atoms with Crippen molar-refractivity contribution in [2.24, 2.45) is 0 Å². The number of hydrogen-bond donors (Lipinski definition) is 3. The van der Waals surface area contributed by atoms with Gasteiger partial charge in [-0.25, -0.2) is 4.79 Å². The van der Waals surface area contributed by atoms with Gasteiger partial charge in [0.05, 0.1) is 16.8 Å². The second-order valence-electron chi connectivity index (χ2n) is 4.78. The van der Waals surface area contributed by atoms with E-state index in [0.29, 0.717) is 29.8 Å². The number of carboxylic acid groups (broad SMARTS) is 1. The Labute approximate surface area is 122 Å². The molecule has 110 valence electrons. The van der Waals surface area contributed by atoms with Crippen molar-refractivity contribution in [3.05, 3.63) is 52.3 Å². The van der Waals surface area contributed by atoms with E-state index in [1.165, 1.54) is 0 Å². The zero-order valence-electron chi connectivity index (χ0n) is 11.9. The van der Waals surface area contributed by atoms with E-state index in [1.807, 2.05) is 0 Å². The van der Waals surface area contributed by atoms with Gasteiger partial charge in [0.15, 0.2) is 0 Å². The first kappa shape index (κ1) is 14.8. The van der Waals surface area contributed by atoms with Gasteiger partial charge in [-0.05, 0) is 31.9 Å². The number of aryl methyl sites for hydroxylation is 2. The molecule has 0 saturated carbocycles. The van der Waals surface area contributed by atoms with Crippen molar-refractivity contribution in [2.45, 2.75) is 20.3 Å². The van der Waals surface area contributed by atoms with Crippen molar-refractivity contribution in [1.82, 2.24) is 15.5 Å². The van der Waals surface area contributed by atoms with E-state index in [2.05, 4.69) is 15.5 Å². The topological polar surface area (TPSA) is 95.1 Å². The summed E-state index contributed by atoms with van der Waals surface area (Å²) in [6.45, 7) is 3.92. The lowest BCUT2D eigenvalue weighted by Crippen LogP contribution is -2.27. The first-order valence-corrected chi connectivity index (χ1v) is 6.61. The Morgan fingerprint density at radius 3 is 2.62 bits per heavy atom. The highest BCUT2D eigenvalue weighted by Crippen LogP contribution is 2.11. The van der Waals surface area contributed by atoms with Gasteiger partial charge in [-0.1, -0.05) is 18.2 Å². The van der Waals surface area contributed by atoms with E-state index in [9.17, 15) is 9.59 Å². The fourth-order valence-electron chi connectivity index (χ4n) is 2.23. The van der Waals surface area contributed by atoms with E-state index >= 15 is 0 Å². The SMILES string of the molecule is Cc1n[nH]c(C)c1C(=O)NCCc1ccccc1C(=O)O. The predicted molar refractivity (Wildman–Crippen MR) is 77.5 cm³/mol. The zero-order valence-corrected chi connectivity index (χ0v) is 11.9. The van der Waals surface area contributed by atoms with Crippen LogP contribution in [0.25, 0.3) is 0 Å². The largest absolute Gasteiger partial charge is 0.478 e. The summed E-state index contributed by atoms with van der Waals surface area (Å²) in [5, 5.41) is 18.6. The van der Waals surface area contributed by atoms with Crippen molar-refractivity contribution in [3.8, 4) is 0 Å². The molecule has 1 amide bonds. The maximum absolute atomic E-state index is 12.1. The zero-order chi connectivity index (χ0) is 15.4. The van der Waals surface area contributed by atoms with E-state index in [1.54, 1.807) is 38.1 Å². The van der Waals surface area contributed by atoms with Crippen LogP contribution in [0.4, 0.5) is 0 Å². The molecule has 0 aliphatic heterocycles. The molecular weight excluding hydrogens is 270 g/mol. The summed E-state index contributed by atoms with van der Waals surface area (Å²) < 4.78 is 0. The van der Waals surface area contributed by atoms with Crippen molar-refractivity contribution < 1.29 is 14.7 Å². The molecule has 2 rings (SSSR count). The third-order valence-electron chi connectivity index (χ3n) is 3.28. The van der Waals surface area contributed by atoms with Crippen molar-refractivity contribution in [2.75, 3.05) is 6.54 Å². The minimum atomic E-state index is -0.960. The number of aromatic nitrogens is 2. The molecule has 1 aromatic carbocycles. The molecule has 0 atom stereocenters. The number of carboxylic acids is 1. The fourth-order valence-corrected chi connectivity index (χ4v) is 2.23. The maximum Gasteiger partial charge on any atom is 0.335 e. The molecule has 0 spiro atoms. The molecule has 0 aliphatic carbocycles. The number of aromatic carboxylic acids is 1. The van der Waals surface area contributed by atoms with Gasteiger partial charge < -0.3 is 10.4 Å². The van der Waals surface area contributed by atoms with Gasteiger partial charge in [0, 0.05) is 12.2 Å². The Balaban J connectivity index is 1.99. The monoisotopic (exact) mass is 287 g/mol. The molecule has 2 aromatic rings. The van der Waals surface area contributed by atoms with Gasteiger partial charge in [-0.3, -0.25) is 9.89 Å². The molecule has 0 radical (unpaired) electrons. The van der Waals surface area contributed by atoms with Crippen molar-refractivity contribution >= 4 is 11.9 Å². The van der Waals surface area contributed by atoms with Crippen LogP contribution < -0.4 is 5.32 Å². The molecular formula is C15H17N3O3. The number of nitrogens with zero attached hydrogens (tertiary/aromatic N) is 1. The number of carbonyl (C=O) groups excluding carboxylic acids is 1. The number of nitrogens with one attached hydrogen (secondary N) is 2. The molecule has 0 fully saturated rings. The lowest BCUT2D eigenvalue weighted by atomic mass is 10.0. The van der Waals surface area contributed by atoms with Gasteiger partial charge >= 0.3 is 5.97 Å². The van der Waals surface area contributed by atoms with Crippen LogP contribution in [0.5, 0.6) is 0 Å². The fraction of sp³-hybridized carbons (Fsp3) is 0.267. The van der Waals surface area contributed by atoms with Gasteiger partial charge in [0.25, 0.3) is 5.91 Å². The highest BCUT2D eigenvalue weighted by atomic mass is 16.4. The number of H-pyrrole nitrogens is 1. The number of hydrogen-bond acceptors (Lipinski definition) is 3. The molecule has 0 bridgehead atoms. The normalized spacial score (nSPS) is 10.4. The highest BCUT2D eigenvalue weighted by molar-refractivity contribution is 5.96. The first-order chi connectivity index (χ1) is 10.0. The van der Waals surface area contributed by atoms with Crippen molar-refractivity contribution in [3.63, 3.8) is 0 Å². The minimum Gasteiger partial charge on any atom is -0.478 e. The molecule has 0 aliphatic rings. The van der Waals surface area contributed by atoms with E-state index in [-0.39, 0.29) is 11.5 Å². The van der Waals surface area contributed by atoms with E-state index in [0.717, 1.165) is 5.69 Å². The standard InChI is InChI=1S/C15H17N3O3/c1-9-13(10(2)18-17-9)14(19)16-8-7-11-5-3-4-6-12(11)15(20)21/h3-6H,7-8H2,1-2H3,(H,16,19)(H,17,18)(H,20,21). The molecule has 1 aromatic heterocycles. The molecule has 3 N–H and O–H groups in total. The number of aromatic amines is 1. The summed E-state index contributed by atoms with van der Waals surface area (Å²) in [4.78, 5) is 23.2. The Morgan fingerprint density at radius 2 is 2.00 bits per heavy atom. The number of amides is 1. The number of carbonyl (C=O) groups is 2. The minimum absolute atomic E-state index is 0.202. The summed E-state index contributed by atoms with van der Waals surface area (Å²) in [5.41, 5.74) is 2.88. The average Bonchev–Trinajstić information content (AvgIpc) is 2.78. The molecule has 6 heteroatoms. The summed E-state index contributed by atoms with van der Waals surface area (Å²) in [6.07, 6.45) is 0.462. The second kappa shape index (κ2) is 6.21. The maximum atomic E-state index is 12.1. The third kappa shape index (κ3) is 3.28. The van der Waals surface area contributed by atoms with Crippen LogP contribution in [0, 0.1) is 13.8 Å². The third-order valence-corrected chi connectivity index (χ3v) is 3.28. The van der Waals surface area contributed by atoms with Crippen LogP contribution in [0.15, 0.2) is 24.3 Å². The quantitative estimate of drug-likeness (QED) is 0.780. The molecule has 0 saturated heterocycles. The van der Waals surface area contributed by atoms with Crippen LogP contribution >= 0.6 is 0 Å². The first-order valence-electron chi connectivity index (χ1n) is 6.61. The summed E-state index contributed by atoms with van der Waals surface area (Å²) >= 11 is 0. The van der Waals surface area contributed by atoms with Crippen LogP contribution in [-0.4, -0.2) is 33.7 Å². The molecule has 21 heavy (non-hydrogen) atoms. The van der Waals surface area contributed by atoms with Crippen LogP contribution in [-0.2, 0) is 6.42 Å². The molecule has 6 nitrogen and oxygen atoms in total. The highest BCUT2D eigenvalue weighted by Gasteiger charge is 2.15. The summed E-state index contributed by atoms with van der Waals surface area (Å²) in [6, 6.07) is 6.78. The number of rotatable bonds is 5. The summed E-state index contributed by atoms with van der Waals surface area (Å²) in [7, 11) is 0. The van der Waals surface area contributed by atoms with Crippen LogP contribution in [0.2, 0.25) is 0 Å². The number of benzene rings is 1. The lowest BCUT2D eigenvalue weighted by Gasteiger charge is -2.08. The predicted octanol–water partition coefficient (Wildman–Crippen LogP) is 1.70.